The van der Waals surface area contributed by atoms with E-state index >= 15 is 0 Å². The summed E-state index contributed by atoms with van der Waals surface area (Å²) in [5, 5.41) is 5.05. The average molecular weight is 346 g/mol. The lowest BCUT2D eigenvalue weighted by Gasteiger charge is -2.13. The lowest BCUT2D eigenvalue weighted by Crippen LogP contribution is -2.22. The van der Waals surface area contributed by atoms with Crippen molar-refractivity contribution in [2.24, 2.45) is 0 Å². The monoisotopic (exact) mass is 346 g/mol. The number of hydrogen-bond acceptors (Lipinski definition) is 3. The molecule has 1 atom stereocenters. The van der Waals surface area contributed by atoms with E-state index in [0.29, 0.717) is 16.9 Å². The summed E-state index contributed by atoms with van der Waals surface area (Å²) in [7, 11) is 0. The molecule has 0 radical (unpaired) electrons. The maximum absolute atomic E-state index is 13.5. The molecule has 0 aliphatic carbocycles. The lowest BCUT2D eigenvalue weighted by molar-refractivity contribution is -0.115. The van der Waals surface area contributed by atoms with Crippen LogP contribution in [0.2, 0.25) is 0 Å². The van der Waals surface area contributed by atoms with Gasteiger partial charge < -0.3 is 10.6 Å². The number of carbonyl (C=O) groups excluding carboxylic acids is 2. The van der Waals surface area contributed by atoms with Crippen molar-refractivity contribution in [2.75, 3.05) is 10.6 Å². The molecule has 0 heterocycles. The summed E-state index contributed by atoms with van der Waals surface area (Å²) in [6.45, 7) is 4.90. The first kappa shape index (κ1) is 18.0. The Labute approximate surface area is 144 Å². The summed E-state index contributed by atoms with van der Waals surface area (Å²) in [6, 6.07) is 11.9. The van der Waals surface area contributed by atoms with E-state index in [1.807, 2.05) is 12.1 Å². The van der Waals surface area contributed by atoms with Gasteiger partial charge in [-0.1, -0.05) is 6.07 Å². The van der Waals surface area contributed by atoms with Gasteiger partial charge in [-0.2, -0.15) is 0 Å². The second-order valence-corrected chi connectivity index (χ2v) is 6.83. The number of aryl methyl sites for hydroxylation is 1. The van der Waals surface area contributed by atoms with Crippen LogP contribution in [0.15, 0.2) is 47.4 Å². The van der Waals surface area contributed by atoms with Crippen LogP contribution in [-0.4, -0.2) is 17.1 Å². The number of amides is 2. The van der Waals surface area contributed by atoms with Crippen molar-refractivity contribution >= 4 is 35.0 Å². The van der Waals surface area contributed by atoms with Gasteiger partial charge >= 0.3 is 0 Å². The van der Waals surface area contributed by atoms with Crippen LogP contribution in [0.3, 0.4) is 0 Å². The molecule has 0 unspecified atom stereocenters. The molecule has 4 nitrogen and oxygen atoms in total. The van der Waals surface area contributed by atoms with Gasteiger partial charge in [0.25, 0.3) is 0 Å². The van der Waals surface area contributed by atoms with E-state index in [1.54, 1.807) is 38.1 Å². The third-order valence-corrected chi connectivity index (χ3v) is 4.41. The van der Waals surface area contributed by atoms with Crippen LogP contribution in [0.5, 0.6) is 0 Å². The third-order valence-electron chi connectivity index (χ3n) is 3.30. The summed E-state index contributed by atoms with van der Waals surface area (Å²) >= 11 is 1.39. The SMILES string of the molecule is CC(=O)Nc1ccc(S[C@@H](C)C(=O)Nc2ccc(C)c(F)c2)cc1. The fourth-order valence-electron chi connectivity index (χ4n) is 1.99. The minimum Gasteiger partial charge on any atom is -0.326 e. The standard InChI is InChI=1S/C18H19FN2O2S/c1-11-4-5-15(10-17(11)19)21-18(23)12(2)24-16-8-6-14(7-9-16)20-13(3)22/h4-10,12H,1-3H3,(H,20,22)(H,21,23)/t12-/m0/s1. The van der Waals surface area contributed by atoms with Crippen LogP contribution in [0.25, 0.3) is 0 Å². The highest BCUT2D eigenvalue weighted by Gasteiger charge is 2.15. The van der Waals surface area contributed by atoms with Gasteiger partial charge in [-0.3, -0.25) is 9.59 Å². The Hall–Kier alpha value is -2.34. The highest BCUT2D eigenvalue weighted by Crippen LogP contribution is 2.26. The Kier molecular flexibility index (Phi) is 5.98. The van der Waals surface area contributed by atoms with Crippen molar-refractivity contribution < 1.29 is 14.0 Å². The van der Waals surface area contributed by atoms with E-state index in [2.05, 4.69) is 10.6 Å². The third kappa shape index (κ3) is 5.09. The Bertz CT molecular complexity index is 747. The molecule has 6 heteroatoms. The zero-order valence-electron chi connectivity index (χ0n) is 13.7. The van der Waals surface area contributed by atoms with Gasteiger partial charge in [0.15, 0.2) is 0 Å². The number of benzene rings is 2. The minimum atomic E-state index is -0.346. The number of halogens is 1. The Balaban J connectivity index is 1.95. The molecule has 0 saturated carbocycles. The molecule has 0 bridgehead atoms. The summed E-state index contributed by atoms with van der Waals surface area (Å²) in [6.07, 6.45) is 0. The first-order valence-corrected chi connectivity index (χ1v) is 8.34. The Morgan fingerprint density at radius 1 is 1.04 bits per heavy atom. The van der Waals surface area contributed by atoms with Crippen molar-refractivity contribution in [3.8, 4) is 0 Å². The normalized spacial score (nSPS) is 11.7. The van der Waals surface area contributed by atoms with Crippen molar-refractivity contribution in [3.05, 3.63) is 53.8 Å². The lowest BCUT2D eigenvalue weighted by atomic mass is 10.2. The molecule has 2 N–H and O–H groups in total. The van der Waals surface area contributed by atoms with Gasteiger partial charge in [0.05, 0.1) is 5.25 Å². The molecular formula is C18H19FN2O2S. The highest BCUT2D eigenvalue weighted by atomic mass is 32.2. The zero-order chi connectivity index (χ0) is 17.7. The van der Waals surface area contributed by atoms with Gasteiger partial charge in [-0.25, -0.2) is 4.39 Å². The first-order chi connectivity index (χ1) is 11.3. The molecule has 2 aromatic carbocycles. The average Bonchev–Trinajstić information content (AvgIpc) is 2.52. The fraction of sp³-hybridized carbons (Fsp3) is 0.222. The summed E-state index contributed by atoms with van der Waals surface area (Å²) in [4.78, 5) is 24.1. The van der Waals surface area contributed by atoms with Crippen molar-refractivity contribution in [2.45, 2.75) is 30.9 Å². The molecule has 126 valence electrons. The Morgan fingerprint density at radius 3 is 2.25 bits per heavy atom. The van der Waals surface area contributed by atoms with Crippen molar-refractivity contribution in [3.63, 3.8) is 0 Å². The van der Waals surface area contributed by atoms with E-state index in [9.17, 15) is 14.0 Å². The van der Waals surface area contributed by atoms with E-state index in [0.717, 1.165) is 4.90 Å². The van der Waals surface area contributed by atoms with E-state index in [4.69, 9.17) is 0 Å². The number of rotatable bonds is 5. The highest BCUT2D eigenvalue weighted by molar-refractivity contribution is 8.00. The van der Waals surface area contributed by atoms with E-state index in [-0.39, 0.29) is 22.9 Å². The molecule has 0 aromatic heterocycles. The van der Waals surface area contributed by atoms with Crippen LogP contribution < -0.4 is 10.6 Å². The number of thioether (sulfide) groups is 1. The van der Waals surface area contributed by atoms with Gasteiger partial charge in [-0.05, 0) is 55.8 Å². The summed E-state index contributed by atoms with van der Waals surface area (Å²) in [5.41, 5.74) is 1.69. The smallest absolute Gasteiger partial charge is 0.237 e. The quantitative estimate of drug-likeness (QED) is 0.797. The largest absolute Gasteiger partial charge is 0.326 e. The second-order valence-electron chi connectivity index (χ2n) is 5.42. The first-order valence-electron chi connectivity index (χ1n) is 7.46. The predicted octanol–water partition coefficient (Wildman–Crippen LogP) is 4.21. The molecule has 0 aliphatic heterocycles. The van der Waals surface area contributed by atoms with E-state index < -0.39 is 0 Å². The van der Waals surface area contributed by atoms with Gasteiger partial charge in [-0.15, -0.1) is 11.8 Å². The van der Waals surface area contributed by atoms with Gasteiger partial charge in [0, 0.05) is 23.2 Å². The zero-order valence-corrected chi connectivity index (χ0v) is 14.5. The van der Waals surface area contributed by atoms with Crippen LogP contribution in [0, 0.1) is 12.7 Å². The van der Waals surface area contributed by atoms with Crippen molar-refractivity contribution in [1.29, 1.82) is 0 Å². The molecule has 2 rings (SSSR count). The number of nitrogens with one attached hydrogen (secondary N) is 2. The molecule has 2 aromatic rings. The number of hydrogen-bond donors (Lipinski definition) is 2. The molecule has 0 spiro atoms. The van der Waals surface area contributed by atoms with Crippen molar-refractivity contribution in [1.82, 2.24) is 0 Å². The van der Waals surface area contributed by atoms with E-state index in [1.165, 1.54) is 24.8 Å². The predicted molar refractivity (Wildman–Crippen MR) is 95.8 cm³/mol. The topological polar surface area (TPSA) is 58.2 Å². The number of carbonyl (C=O) groups is 2. The summed E-state index contributed by atoms with van der Waals surface area (Å²) < 4.78 is 13.5. The summed E-state index contributed by atoms with van der Waals surface area (Å²) in [5.74, 6) is -0.677. The van der Waals surface area contributed by atoms with Crippen LogP contribution >= 0.6 is 11.8 Å². The number of anilines is 2. The maximum Gasteiger partial charge on any atom is 0.237 e. The fourth-order valence-corrected chi connectivity index (χ4v) is 2.86. The van der Waals surface area contributed by atoms with Crippen LogP contribution in [0.4, 0.5) is 15.8 Å². The van der Waals surface area contributed by atoms with Gasteiger partial charge in [0.2, 0.25) is 11.8 Å². The van der Waals surface area contributed by atoms with Crippen LogP contribution in [0.1, 0.15) is 19.4 Å². The molecule has 2 amide bonds. The molecule has 0 aliphatic rings. The van der Waals surface area contributed by atoms with Gasteiger partial charge in [0.1, 0.15) is 5.82 Å². The molecule has 0 saturated heterocycles. The molecular weight excluding hydrogens is 327 g/mol. The minimum absolute atomic E-state index is 0.131. The molecule has 24 heavy (non-hydrogen) atoms. The Morgan fingerprint density at radius 2 is 1.67 bits per heavy atom. The van der Waals surface area contributed by atoms with Crippen LogP contribution in [-0.2, 0) is 9.59 Å². The maximum atomic E-state index is 13.5. The second kappa shape index (κ2) is 7.97. The molecule has 0 fully saturated rings.